The maximum atomic E-state index is 12.3. The van der Waals surface area contributed by atoms with Gasteiger partial charge in [-0.25, -0.2) is 9.36 Å². The maximum absolute atomic E-state index is 12.3. The highest BCUT2D eigenvalue weighted by Crippen LogP contribution is 2.13. The molecule has 4 aromatic rings. The predicted molar refractivity (Wildman–Crippen MR) is 92.0 cm³/mol. The van der Waals surface area contributed by atoms with Crippen LogP contribution in [0.5, 0.6) is 0 Å². The third-order valence-corrected chi connectivity index (χ3v) is 3.96. The molecule has 0 radical (unpaired) electrons. The average molecular weight is 366 g/mol. The first kappa shape index (κ1) is 16.5. The summed E-state index contributed by atoms with van der Waals surface area (Å²) < 4.78 is 2.46. The van der Waals surface area contributed by atoms with Gasteiger partial charge < -0.3 is 5.32 Å². The average Bonchev–Trinajstić information content (AvgIpc) is 3.33. The van der Waals surface area contributed by atoms with E-state index in [0.717, 1.165) is 15.8 Å². The number of fused-ring (bicyclic) bond motifs is 1. The standard InChI is InChI=1S/C15H14N10O2/c1-24-14-11(7-17-24)15(27)25(23-20-14)8-12(26)16-6-9-2-4-10(5-3-9)13-18-21-22-19-13/h2-5,7H,6,8H2,1H3,(H,16,26)(H,18,19,21,22). The lowest BCUT2D eigenvalue weighted by atomic mass is 10.1. The number of nitrogens with zero attached hydrogens (tertiary/aromatic N) is 8. The summed E-state index contributed by atoms with van der Waals surface area (Å²) in [4.78, 5) is 24.5. The van der Waals surface area contributed by atoms with Crippen molar-refractivity contribution in [3.63, 3.8) is 0 Å². The Morgan fingerprint density at radius 2 is 2.04 bits per heavy atom. The van der Waals surface area contributed by atoms with Gasteiger partial charge in [-0.3, -0.25) is 9.59 Å². The molecule has 1 aromatic carbocycles. The van der Waals surface area contributed by atoms with E-state index in [4.69, 9.17) is 0 Å². The van der Waals surface area contributed by atoms with Crippen LogP contribution in [0, 0.1) is 0 Å². The topological polar surface area (TPSA) is 149 Å². The number of aromatic nitrogens is 9. The quantitative estimate of drug-likeness (QED) is 0.458. The zero-order valence-corrected chi connectivity index (χ0v) is 14.2. The molecule has 0 unspecified atom stereocenters. The van der Waals surface area contributed by atoms with Crippen molar-refractivity contribution in [2.24, 2.45) is 7.05 Å². The molecule has 4 rings (SSSR count). The first-order valence-corrected chi connectivity index (χ1v) is 7.97. The molecule has 0 saturated heterocycles. The fourth-order valence-corrected chi connectivity index (χ4v) is 2.53. The van der Waals surface area contributed by atoms with Gasteiger partial charge in [-0.1, -0.05) is 29.5 Å². The Morgan fingerprint density at radius 1 is 1.22 bits per heavy atom. The Bertz CT molecular complexity index is 1140. The van der Waals surface area contributed by atoms with Gasteiger partial charge in [0.15, 0.2) is 5.65 Å². The lowest BCUT2D eigenvalue weighted by Gasteiger charge is -2.07. The zero-order valence-electron chi connectivity index (χ0n) is 14.2. The summed E-state index contributed by atoms with van der Waals surface area (Å²) in [6, 6.07) is 7.36. The highest BCUT2D eigenvalue weighted by atomic mass is 16.2. The first-order chi connectivity index (χ1) is 13.1. The summed E-state index contributed by atoms with van der Waals surface area (Å²) in [6.07, 6.45) is 1.41. The molecule has 3 aromatic heterocycles. The molecule has 1 amide bonds. The number of nitrogens with one attached hydrogen (secondary N) is 2. The number of carbonyl (C=O) groups excluding carboxylic acids is 1. The summed E-state index contributed by atoms with van der Waals surface area (Å²) >= 11 is 0. The van der Waals surface area contributed by atoms with Crippen LogP contribution in [-0.4, -0.2) is 51.3 Å². The van der Waals surface area contributed by atoms with E-state index in [2.05, 4.69) is 41.4 Å². The van der Waals surface area contributed by atoms with E-state index in [1.54, 1.807) is 7.05 Å². The fourth-order valence-electron chi connectivity index (χ4n) is 2.53. The molecular weight excluding hydrogens is 352 g/mol. The minimum atomic E-state index is -0.410. The van der Waals surface area contributed by atoms with Crippen molar-refractivity contribution in [1.82, 2.24) is 50.7 Å². The number of amides is 1. The van der Waals surface area contributed by atoms with Crippen LogP contribution in [0.1, 0.15) is 5.56 Å². The highest BCUT2D eigenvalue weighted by molar-refractivity contribution is 5.76. The number of tetrazole rings is 1. The van der Waals surface area contributed by atoms with Gasteiger partial charge in [0.1, 0.15) is 11.9 Å². The van der Waals surface area contributed by atoms with E-state index < -0.39 is 5.56 Å². The largest absolute Gasteiger partial charge is 0.350 e. The molecule has 0 fully saturated rings. The van der Waals surface area contributed by atoms with E-state index in [-0.39, 0.29) is 12.5 Å². The number of H-pyrrole nitrogens is 1. The molecule has 0 bridgehead atoms. The molecule has 0 spiro atoms. The fraction of sp³-hybridized carbons (Fsp3) is 0.200. The van der Waals surface area contributed by atoms with Gasteiger partial charge in [-0.2, -0.15) is 10.3 Å². The van der Waals surface area contributed by atoms with E-state index in [9.17, 15) is 9.59 Å². The lowest BCUT2D eigenvalue weighted by Crippen LogP contribution is -2.34. The van der Waals surface area contributed by atoms with Gasteiger partial charge in [0.2, 0.25) is 11.7 Å². The third-order valence-electron chi connectivity index (χ3n) is 3.96. The van der Waals surface area contributed by atoms with Gasteiger partial charge in [0.25, 0.3) is 5.56 Å². The van der Waals surface area contributed by atoms with Crippen molar-refractivity contribution in [1.29, 1.82) is 0 Å². The van der Waals surface area contributed by atoms with E-state index in [1.807, 2.05) is 24.3 Å². The van der Waals surface area contributed by atoms with Crippen LogP contribution >= 0.6 is 0 Å². The number of aryl methyl sites for hydroxylation is 1. The number of aromatic amines is 1. The zero-order chi connectivity index (χ0) is 18.8. The molecule has 0 aliphatic rings. The van der Waals surface area contributed by atoms with Crippen LogP contribution in [0.4, 0.5) is 0 Å². The molecule has 12 nitrogen and oxygen atoms in total. The summed E-state index contributed by atoms with van der Waals surface area (Å²) in [6.45, 7) is 0.0836. The Kier molecular flexibility index (Phi) is 4.12. The maximum Gasteiger partial charge on any atom is 0.281 e. The second-order valence-electron chi connectivity index (χ2n) is 5.77. The second kappa shape index (κ2) is 6.74. The molecule has 0 aliphatic heterocycles. The molecule has 27 heavy (non-hydrogen) atoms. The Balaban J connectivity index is 1.40. The van der Waals surface area contributed by atoms with Crippen LogP contribution in [0.2, 0.25) is 0 Å². The Labute approximate surface area is 151 Å². The predicted octanol–water partition coefficient (Wildman–Crippen LogP) is -0.978. The summed E-state index contributed by atoms with van der Waals surface area (Å²) in [5.41, 5.74) is 1.66. The molecule has 12 heteroatoms. The number of benzene rings is 1. The van der Waals surface area contributed by atoms with E-state index >= 15 is 0 Å². The summed E-state index contributed by atoms with van der Waals surface area (Å²) in [5, 5.41) is 28.4. The number of hydrogen-bond acceptors (Lipinski definition) is 8. The van der Waals surface area contributed by atoms with Crippen molar-refractivity contribution in [3.8, 4) is 11.4 Å². The van der Waals surface area contributed by atoms with Crippen molar-refractivity contribution in [3.05, 3.63) is 46.4 Å². The van der Waals surface area contributed by atoms with Gasteiger partial charge >= 0.3 is 0 Å². The number of rotatable bonds is 5. The molecule has 2 N–H and O–H groups in total. The summed E-state index contributed by atoms with van der Waals surface area (Å²) in [7, 11) is 1.66. The van der Waals surface area contributed by atoms with Crippen molar-refractivity contribution in [2.45, 2.75) is 13.1 Å². The van der Waals surface area contributed by atoms with Crippen molar-refractivity contribution < 1.29 is 4.79 Å². The first-order valence-electron chi connectivity index (χ1n) is 7.97. The molecular formula is C15H14N10O2. The van der Waals surface area contributed by atoms with Crippen LogP contribution in [-0.2, 0) is 24.9 Å². The molecule has 0 aliphatic carbocycles. The van der Waals surface area contributed by atoms with E-state index in [1.165, 1.54) is 10.9 Å². The van der Waals surface area contributed by atoms with Crippen LogP contribution in [0.15, 0.2) is 35.3 Å². The monoisotopic (exact) mass is 366 g/mol. The molecule has 3 heterocycles. The Morgan fingerprint density at radius 3 is 2.78 bits per heavy atom. The van der Waals surface area contributed by atoms with E-state index in [0.29, 0.717) is 23.4 Å². The Hall–Kier alpha value is -3.96. The normalized spacial score (nSPS) is 11.0. The van der Waals surface area contributed by atoms with Gasteiger partial charge in [0, 0.05) is 19.2 Å². The lowest BCUT2D eigenvalue weighted by molar-refractivity contribution is -0.122. The van der Waals surface area contributed by atoms with Crippen LogP contribution in [0.3, 0.4) is 0 Å². The van der Waals surface area contributed by atoms with Gasteiger partial charge in [-0.05, 0) is 10.8 Å². The third kappa shape index (κ3) is 3.27. The number of carbonyl (C=O) groups is 1. The smallest absolute Gasteiger partial charge is 0.281 e. The SMILES string of the molecule is Cn1ncc2c(=O)n(CC(=O)NCc3ccc(-c4nn[nH]n4)cc3)nnc21. The molecule has 136 valence electrons. The van der Waals surface area contributed by atoms with Crippen molar-refractivity contribution in [2.75, 3.05) is 0 Å². The summed E-state index contributed by atoms with van der Waals surface area (Å²) in [5.74, 6) is 0.145. The van der Waals surface area contributed by atoms with Gasteiger partial charge in [-0.15, -0.1) is 15.3 Å². The molecule has 0 atom stereocenters. The van der Waals surface area contributed by atoms with Crippen LogP contribution in [0.25, 0.3) is 22.4 Å². The second-order valence-corrected chi connectivity index (χ2v) is 5.77. The highest BCUT2D eigenvalue weighted by Gasteiger charge is 2.12. The molecule has 0 saturated carbocycles. The van der Waals surface area contributed by atoms with Crippen molar-refractivity contribution >= 4 is 16.9 Å². The van der Waals surface area contributed by atoms with Gasteiger partial charge in [0.05, 0.1) is 6.20 Å². The number of hydrogen-bond donors (Lipinski definition) is 2. The minimum absolute atomic E-state index is 0.225. The minimum Gasteiger partial charge on any atom is -0.350 e. The van der Waals surface area contributed by atoms with Crippen LogP contribution < -0.4 is 10.9 Å².